The van der Waals surface area contributed by atoms with E-state index in [9.17, 15) is 4.79 Å². The second kappa shape index (κ2) is 7.40. The Hall–Kier alpha value is -2.47. The van der Waals surface area contributed by atoms with Crippen molar-refractivity contribution >= 4 is 17.3 Å². The summed E-state index contributed by atoms with van der Waals surface area (Å²) in [5, 5.41) is 9.68. The molecule has 0 saturated heterocycles. The van der Waals surface area contributed by atoms with Crippen LogP contribution in [0.4, 0.5) is 0 Å². The molecule has 1 N–H and O–H groups in total. The zero-order valence-corrected chi connectivity index (χ0v) is 14.5. The summed E-state index contributed by atoms with van der Waals surface area (Å²) in [4.78, 5) is 16.5. The quantitative estimate of drug-likeness (QED) is 0.684. The highest BCUT2D eigenvalue weighted by Crippen LogP contribution is 2.24. The summed E-state index contributed by atoms with van der Waals surface area (Å²) < 4.78 is 5.30. The van der Waals surface area contributed by atoms with Crippen molar-refractivity contribution in [3.05, 3.63) is 58.4 Å². The highest BCUT2D eigenvalue weighted by atomic mass is 32.1. The fourth-order valence-electron chi connectivity index (χ4n) is 2.28. The first-order valence-electron chi connectivity index (χ1n) is 7.88. The minimum Gasteiger partial charge on any atom is -0.454 e. The first-order valence-corrected chi connectivity index (χ1v) is 8.76. The van der Waals surface area contributed by atoms with Crippen LogP contribution in [0, 0.1) is 6.92 Å². The molecule has 0 bridgehead atoms. The van der Waals surface area contributed by atoms with Gasteiger partial charge in [0.25, 0.3) is 0 Å². The third kappa shape index (κ3) is 3.89. The van der Waals surface area contributed by atoms with Gasteiger partial charge < -0.3 is 4.74 Å². The average Bonchev–Trinajstić information content (AvgIpc) is 3.23. The minimum absolute atomic E-state index is 0.150. The van der Waals surface area contributed by atoms with Crippen LogP contribution >= 0.6 is 11.3 Å². The Bertz CT molecular complexity index is 821. The normalized spacial score (nSPS) is 10.8. The summed E-state index contributed by atoms with van der Waals surface area (Å²) in [6, 6.07) is 9.94. The van der Waals surface area contributed by atoms with Gasteiger partial charge in [0.1, 0.15) is 11.6 Å². The lowest BCUT2D eigenvalue weighted by Crippen LogP contribution is -2.05. The lowest BCUT2D eigenvalue weighted by atomic mass is 10.2. The molecule has 0 aliphatic heterocycles. The molecule has 1 aromatic carbocycles. The number of nitrogens with zero attached hydrogens (tertiary/aromatic N) is 2. The number of nitrogens with one attached hydrogen (secondary N) is 1. The maximum atomic E-state index is 12.0. The fourth-order valence-corrected chi connectivity index (χ4v) is 3.09. The van der Waals surface area contributed by atoms with E-state index in [0.717, 1.165) is 34.8 Å². The van der Waals surface area contributed by atoms with Gasteiger partial charge >= 0.3 is 5.97 Å². The number of carbonyl (C=O) groups is 1. The van der Waals surface area contributed by atoms with Gasteiger partial charge in [0.15, 0.2) is 5.69 Å². The molecule has 3 rings (SSSR count). The molecule has 0 amide bonds. The third-order valence-corrected chi connectivity index (χ3v) is 4.50. The zero-order valence-electron chi connectivity index (χ0n) is 13.7. The number of aromatic nitrogens is 3. The van der Waals surface area contributed by atoms with E-state index in [1.54, 1.807) is 17.4 Å². The Labute approximate surface area is 144 Å². The highest BCUT2D eigenvalue weighted by Gasteiger charge is 2.13. The van der Waals surface area contributed by atoms with Crippen molar-refractivity contribution in [3.8, 4) is 10.6 Å². The fraction of sp³-hybridized carbons (Fsp3) is 0.278. The van der Waals surface area contributed by atoms with Gasteiger partial charge in [-0.2, -0.15) is 5.10 Å². The monoisotopic (exact) mass is 341 g/mol. The number of H-pyrrole nitrogens is 1. The van der Waals surface area contributed by atoms with Crippen LogP contribution in [0.25, 0.3) is 10.6 Å². The predicted molar refractivity (Wildman–Crippen MR) is 94.0 cm³/mol. The molecule has 124 valence electrons. The van der Waals surface area contributed by atoms with Crippen molar-refractivity contribution in [2.75, 3.05) is 0 Å². The Balaban J connectivity index is 1.60. The maximum absolute atomic E-state index is 12.0. The van der Waals surface area contributed by atoms with Gasteiger partial charge in [0.05, 0.1) is 5.69 Å². The van der Waals surface area contributed by atoms with Gasteiger partial charge in [-0.15, -0.1) is 11.3 Å². The Morgan fingerprint density at radius 1 is 1.29 bits per heavy atom. The molecule has 2 heterocycles. The van der Waals surface area contributed by atoms with E-state index in [1.165, 1.54) is 5.56 Å². The highest BCUT2D eigenvalue weighted by molar-refractivity contribution is 7.13. The molecule has 0 saturated carbocycles. The first-order chi connectivity index (χ1) is 11.7. The minimum atomic E-state index is -0.432. The lowest BCUT2D eigenvalue weighted by Gasteiger charge is -2.00. The molecule has 0 aliphatic carbocycles. The van der Waals surface area contributed by atoms with Crippen LogP contribution in [-0.4, -0.2) is 21.2 Å². The Morgan fingerprint density at radius 3 is 2.83 bits per heavy atom. The van der Waals surface area contributed by atoms with Gasteiger partial charge in [0, 0.05) is 16.6 Å². The number of thiazole rings is 1. The summed E-state index contributed by atoms with van der Waals surface area (Å²) in [6.07, 6.45) is 1.86. The van der Waals surface area contributed by atoms with Gasteiger partial charge in [-0.3, -0.25) is 5.10 Å². The molecule has 0 radical (unpaired) electrons. The average molecular weight is 341 g/mol. The van der Waals surface area contributed by atoms with Gasteiger partial charge in [-0.1, -0.05) is 43.2 Å². The van der Waals surface area contributed by atoms with E-state index in [-0.39, 0.29) is 6.61 Å². The first kappa shape index (κ1) is 16.4. The number of aryl methyl sites for hydroxylation is 2. The summed E-state index contributed by atoms with van der Waals surface area (Å²) >= 11 is 1.54. The predicted octanol–water partition coefficient (Wildman–Crippen LogP) is 4.15. The second-order valence-electron chi connectivity index (χ2n) is 5.61. The van der Waals surface area contributed by atoms with Gasteiger partial charge in [-0.05, 0) is 19.4 Å². The smallest absolute Gasteiger partial charge is 0.359 e. The molecule has 3 aromatic rings. The number of benzene rings is 1. The van der Waals surface area contributed by atoms with Crippen molar-refractivity contribution in [1.82, 2.24) is 15.2 Å². The van der Waals surface area contributed by atoms with Gasteiger partial charge in [0.2, 0.25) is 0 Å². The van der Waals surface area contributed by atoms with Crippen LogP contribution in [0.3, 0.4) is 0 Å². The zero-order chi connectivity index (χ0) is 16.9. The van der Waals surface area contributed by atoms with Crippen molar-refractivity contribution < 1.29 is 9.53 Å². The molecule has 0 aliphatic rings. The summed E-state index contributed by atoms with van der Waals surface area (Å²) in [5.74, 6) is -0.432. The van der Waals surface area contributed by atoms with E-state index in [0.29, 0.717) is 5.69 Å². The lowest BCUT2D eigenvalue weighted by molar-refractivity contribution is 0.0461. The topological polar surface area (TPSA) is 67.9 Å². The number of carbonyl (C=O) groups excluding carboxylic acids is 1. The molecule has 24 heavy (non-hydrogen) atoms. The molecule has 6 heteroatoms. The molecular weight excluding hydrogens is 322 g/mol. The van der Waals surface area contributed by atoms with Crippen LogP contribution in [0.15, 0.2) is 35.7 Å². The number of aromatic amines is 1. The number of hydrogen-bond donors (Lipinski definition) is 1. The summed E-state index contributed by atoms with van der Waals surface area (Å²) in [6.45, 7) is 4.28. The van der Waals surface area contributed by atoms with Crippen LogP contribution in [0.1, 0.15) is 40.8 Å². The van der Waals surface area contributed by atoms with Crippen molar-refractivity contribution in [2.24, 2.45) is 0 Å². The van der Waals surface area contributed by atoms with E-state index in [2.05, 4.69) is 41.2 Å². The number of ether oxygens (including phenoxy) is 1. The van der Waals surface area contributed by atoms with Crippen LogP contribution in [0.2, 0.25) is 0 Å². The second-order valence-corrected chi connectivity index (χ2v) is 6.47. The van der Waals surface area contributed by atoms with Gasteiger partial charge in [-0.25, -0.2) is 9.78 Å². The molecule has 0 spiro atoms. The number of esters is 1. The van der Waals surface area contributed by atoms with Crippen molar-refractivity contribution in [1.29, 1.82) is 0 Å². The van der Waals surface area contributed by atoms with E-state index in [4.69, 9.17) is 4.74 Å². The molecular formula is C18H19N3O2S. The third-order valence-electron chi connectivity index (χ3n) is 3.56. The van der Waals surface area contributed by atoms with Crippen LogP contribution in [0.5, 0.6) is 0 Å². The van der Waals surface area contributed by atoms with Crippen LogP contribution < -0.4 is 0 Å². The summed E-state index contributed by atoms with van der Waals surface area (Å²) in [7, 11) is 0. The standard InChI is InChI=1S/C18H19N3O2S/c1-3-4-14-9-16(21-20-14)18(22)23-10-15-11-24-17(19-15)13-7-5-12(2)6-8-13/h5-9,11H,3-4,10H2,1-2H3,(H,20,21). The summed E-state index contributed by atoms with van der Waals surface area (Å²) in [5.41, 5.74) is 4.28. The van der Waals surface area contributed by atoms with Crippen molar-refractivity contribution in [3.63, 3.8) is 0 Å². The van der Waals surface area contributed by atoms with E-state index >= 15 is 0 Å². The molecule has 5 nitrogen and oxygen atoms in total. The van der Waals surface area contributed by atoms with E-state index in [1.807, 2.05) is 17.5 Å². The number of hydrogen-bond acceptors (Lipinski definition) is 5. The Morgan fingerprint density at radius 2 is 2.08 bits per heavy atom. The SMILES string of the molecule is CCCc1cc(C(=O)OCc2csc(-c3ccc(C)cc3)n2)n[nH]1. The Kier molecular flexibility index (Phi) is 5.05. The molecule has 0 atom stereocenters. The number of rotatable bonds is 6. The molecule has 0 fully saturated rings. The molecule has 0 unspecified atom stereocenters. The van der Waals surface area contributed by atoms with Crippen LogP contribution in [-0.2, 0) is 17.8 Å². The maximum Gasteiger partial charge on any atom is 0.359 e. The van der Waals surface area contributed by atoms with E-state index < -0.39 is 5.97 Å². The van der Waals surface area contributed by atoms with Crippen molar-refractivity contribution in [2.45, 2.75) is 33.3 Å². The molecule has 2 aromatic heterocycles. The largest absolute Gasteiger partial charge is 0.454 e.